The van der Waals surface area contributed by atoms with Gasteiger partial charge in [-0.3, -0.25) is 0 Å². The lowest BCUT2D eigenvalue weighted by Gasteiger charge is -2.18. The number of hydrogen-bond donors (Lipinski definition) is 0. The highest BCUT2D eigenvalue weighted by Gasteiger charge is 2.27. The summed E-state index contributed by atoms with van der Waals surface area (Å²) in [5, 5.41) is 0.469. The van der Waals surface area contributed by atoms with E-state index in [9.17, 15) is 8.42 Å². The summed E-state index contributed by atoms with van der Waals surface area (Å²) in [6, 6.07) is 13.8. The Hall–Kier alpha value is -1.03. The van der Waals surface area contributed by atoms with Gasteiger partial charge < -0.3 is 0 Å². The summed E-state index contributed by atoms with van der Waals surface area (Å²) in [5.74, 6) is 0.0723. The monoisotopic (exact) mass is 328 g/mol. The summed E-state index contributed by atoms with van der Waals surface area (Å²) in [6.45, 7) is 1.65. The molecule has 0 aliphatic heterocycles. The van der Waals surface area contributed by atoms with Crippen LogP contribution in [0.5, 0.6) is 0 Å². The van der Waals surface area contributed by atoms with Gasteiger partial charge in [0.2, 0.25) is 0 Å². The van der Waals surface area contributed by atoms with Gasteiger partial charge in [0, 0.05) is 15.8 Å². The van der Waals surface area contributed by atoms with Gasteiger partial charge in [0.15, 0.2) is 9.84 Å². The molecule has 0 unspecified atom stereocenters. The van der Waals surface area contributed by atoms with Gasteiger partial charge in [-0.25, -0.2) is 8.42 Å². The van der Waals surface area contributed by atoms with Crippen LogP contribution in [-0.4, -0.2) is 14.2 Å². The molecule has 0 saturated heterocycles. The Morgan fingerprint density at radius 3 is 1.50 bits per heavy atom. The molecular formula is C15H14Cl2O2S. The topological polar surface area (TPSA) is 34.1 Å². The SMILES string of the molecule is CCS(=O)(=O)C(c1ccc(Cl)cc1)c1ccc(Cl)cc1. The van der Waals surface area contributed by atoms with Gasteiger partial charge in [-0.1, -0.05) is 54.4 Å². The highest BCUT2D eigenvalue weighted by atomic mass is 35.5. The summed E-state index contributed by atoms with van der Waals surface area (Å²) >= 11 is 11.7. The molecule has 2 aromatic carbocycles. The minimum absolute atomic E-state index is 0.0723. The molecular weight excluding hydrogens is 315 g/mol. The van der Waals surface area contributed by atoms with Gasteiger partial charge in [0.1, 0.15) is 5.25 Å². The molecule has 0 radical (unpaired) electrons. The lowest BCUT2D eigenvalue weighted by Crippen LogP contribution is -2.16. The second kappa shape index (κ2) is 6.17. The molecule has 2 rings (SSSR count). The number of hydrogen-bond acceptors (Lipinski definition) is 2. The first-order valence-corrected chi connectivity index (χ1v) is 8.63. The molecule has 2 aromatic rings. The van der Waals surface area contributed by atoms with E-state index >= 15 is 0 Å². The van der Waals surface area contributed by atoms with Gasteiger partial charge in [-0.2, -0.15) is 0 Å². The van der Waals surface area contributed by atoms with Gasteiger partial charge in [0.25, 0.3) is 0 Å². The van der Waals surface area contributed by atoms with Crippen LogP contribution in [0.15, 0.2) is 48.5 Å². The Bertz CT molecular complexity index is 631. The Morgan fingerprint density at radius 2 is 1.20 bits per heavy atom. The molecule has 0 aliphatic rings. The number of benzene rings is 2. The zero-order valence-electron chi connectivity index (χ0n) is 10.9. The van der Waals surface area contributed by atoms with E-state index in [0.29, 0.717) is 21.2 Å². The van der Waals surface area contributed by atoms with E-state index in [1.165, 1.54) is 0 Å². The molecule has 0 fully saturated rings. The van der Waals surface area contributed by atoms with Crippen LogP contribution in [0.25, 0.3) is 0 Å². The lowest BCUT2D eigenvalue weighted by molar-refractivity contribution is 0.590. The number of rotatable bonds is 4. The van der Waals surface area contributed by atoms with Crippen molar-refractivity contribution in [1.82, 2.24) is 0 Å². The van der Waals surface area contributed by atoms with Crippen LogP contribution in [0.1, 0.15) is 23.3 Å². The average Bonchev–Trinajstić information content (AvgIpc) is 2.43. The van der Waals surface area contributed by atoms with Crippen LogP contribution >= 0.6 is 23.2 Å². The third-order valence-corrected chi connectivity index (χ3v) is 5.68. The van der Waals surface area contributed by atoms with Crippen molar-refractivity contribution in [2.75, 3.05) is 5.75 Å². The molecule has 20 heavy (non-hydrogen) atoms. The van der Waals surface area contributed by atoms with E-state index in [1.807, 2.05) is 0 Å². The zero-order valence-corrected chi connectivity index (χ0v) is 13.2. The molecule has 0 saturated carbocycles. The van der Waals surface area contributed by atoms with Gasteiger partial charge in [-0.15, -0.1) is 0 Å². The minimum atomic E-state index is -3.28. The molecule has 0 spiro atoms. The highest BCUT2D eigenvalue weighted by molar-refractivity contribution is 7.91. The first-order chi connectivity index (χ1) is 9.44. The Balaban J connectivity index is 2.56. The molecule has 0 aromatic heterocycles. The van der Waals surface area contributed by atoms with Crippen molar-refractivity contribution in [3.8, 4) is 0 Å². The molecule has 0 bridgehead atoms. The molecule has 0 heterocycles. The normalized spacial score (nSPS) is 11.8. The fourth-order valence-corrected chi connectivity index (χ4v) is 3.78. The van der Waals surface area contributed by atoms with Crippen LogP contribution in [-0.2, 0) is 9.84 Å². The Kier molecular flexibility index (Phi) is 4.74. The molecule has 0 N–H and O–H groups in total. The van der Waals surface area contributed by atoms with Crippen LogP contribution in [0.4, 0.5) is 0 Å². The van der Waals surface area contributed by atoms with Crippen molar-refractivity contribution in [3.63, 3.8) is 0 Å². The largest absolute Gasteiger partial charge is 0.228 e. The maximum Gasteiger partial charge on any atom is 0.161 e. The van der Waals surface area contributed by atoms with E-state index in [4.69, 9.17) is 23.2 Å². The quantitative estimate of drug-likeness (QED) is 0.826. The van der Waals surface area contributed by atoms with Crippen molar-refractivity contribution >= 4 is 33.0 Å². The van der Waals surface area contributed by atoms with Gasteiger partial charge >= 0.3 is 0 Å². The van der Waals surface area contributed by atoms with Crippen molar-refractivity contribution in [2.45, 2.75) is 12.2 Å². The van der Waals surface area contributed by atoms with E-state index < -0.39 is 15.1 Å². The first-order valence-electron chi connectivity index (χ1n) is 6.16. The molecule has 5 heteroatoms. The van der Waals surface area contributed by atoms with Crippen LogP contribution in [0.3, 0.4) is 0 Å². The fraction of sp³-hybridized carbons (Fsp3) is 0.200. The Labute approximate surface area is 129 Å². The van der Waals surface area contributed by atoms with Crippen molar-refractivity contribution in [1.29, 1.82) is 0 Å². The average molecular weight is 329 g/mol. The maximum absolute atomic E-state index is 12.4. The third kappa shape index (κ3) is 3.35. The first kappa shape index (κ1) is 15.4. The van der Waals surface area contributed by atoms with Gasteiger partial charge in [-0.05, 0) is 35.4 Å². The molecule has 0 aliphatic carbocycles. The summed E-state index contributed by atoms with van der Waals surface area (Å²) in [7, 11) is -3.28. The second-order valence-corrected chi connectivity index (χ2v) is 7.68. The summed E-state index contributed by atoms with van der Waals surface area (Å²) in [5.41, 5.74) is 1.41. The number of sulfone groups is 1. The summed E-state index contributed by atoms with van der Waals surface area (Å²) < 4.78 is 24.8. The van der Waals surface area contributed by atoms with E-state index in [1.54, 1.807) is 55.5 Å². The molecule has 106 valence electrons. The highest BCUT2D eigenvalue weighted by Crippen LogP contribution is 2.32. The van der Waals surface area contributed by atoms with Crippen molar-refractivity contribution in [2.24, 2.45) is 0 Å². The van der Waals surface area contributed by atoms with E-state index in [2.05, 4.69) is 0 Å². The Morgan fingerprint density at radius 1 is 0.850 bits per heavy atom. The number of halogens is 2. The predicted octanol–water partition coefficient (Wildman–Crippen LogP) is 4.52. The second-order valence-electron chi connectivity index (χ2n) is 4.43. The fourth-order valence-electron chi connectivity index (χ4n) is 2.05. The summed E-state index contributed by atoms with van der Waals surface area (Å²) in [4.78, 5) is 0. The predicted molar refractivity (Wildman–Crippen MR) is 84.2 cm³/mol. The third-order valence-electron chi connectivity index (χ3n) is 3.11. The molecule has 2 nitrogen and oxygen atoms in total. The molecule has 0 atom stereocenters. The van der Waals surface area contributed by atoms with Crippen LogP contribution < -0.4 is 0 Å². The van der Waals surface area contributed by atoms with Gasteiger partial charge in [0.05, 0.1) is 0 Å². The smallest absolute Gasteiger partial charge is 0.161 e. The van der Waals surface area contributed by atoms with Crippen molar-refractivity contribution < 1.29 is 8.42 Å². The maximum atomic E-state index is 12.4. The lowest BCUT2D eigenvalue weighted by atomic mass is 10.0. The zero-order chi connectivity index (χ0) is 14.8. The van der Waals surface area contributed by atoms with E-state index in [0.717, 1.165) is 0 Å². The van der Waals surface area contributed by atoms with Crippen LogP contribution in [0, 0.1) is 0 Å². The molecule has 0 amide bonds. The van der Waals surface area contributed by atoms with Crippen molar-refractivity contribution in [3.05, 3.63) is 69.7 Å². The summed E-state index contributed by atoms with van der Waals surface area (Å²) in [6.07, 6.45) is 0. The minimum Gasteiger partial charge on any atom is -0.228 e. The van der Waals surface area contributed by atoms with E-state index in [-0.39, 0.29) is 5.75 Å². The van der Waals surface area contributed by atoms with Crippen LogP contribution in [0.2, 0.25) is 10.0 Å². The standard InChI is InChI=1S/C15H14Cl2O2S/c1-2-20(18,19)15(11-3-7-13(16)8-4-11)12-5-9-14(17)10-6-12/h3-10,15H,2H2,1H3.